The molecule has 0 aromatic heterocycles. The highest BCUT2D eigenvalue weighted by Gasteiger charge is 2.05. The van der Waals surface area contributed by atoms with Crippen molar-refractivity contribution < 1.29 is 9.53 Å². The number of aryl methyl sites for hydroxylation is 1. The van der Waals surface area contributed by atoms with Crippen LogP contribution >= 0.6 is 39.9 Å². The summed E-state index contributed by atoms with van der Waals surface area (Å²) in [7, 11) is 0. The maximum absolute atomic E-state index is 12.1. The summed E-state index contributed by atoms with van der Waals surface area (Å²) in [5.41, 5.74) is 8.47. The van der Waals surface area contributed by atoms with Gasteiger partial charge in [-0.05, 0) is 62.7 Å². The average molecular weight is 561 g/mol. The van der Waals surface area contributed by atoms with Crippen molar-refractivity contribution in [1.29, 1.82) is 0 Å². The molecule has 0 aliphatic rings. The number of carbonyl (C=O) groups is 1. The van der Waals surface area contributed by atoms with Gasteiger partial charge in [0.15, 0.2) is 5.96 Å². The van der Waals surface area contributed by atoms with Gasteiger partial charge >= 0.3 is 0 Å². The normalized spacial score (nSPS) is 11.0. The minimum Gasteiger partial charge on any atom is -0.491 e. The fourth-order valence-corrected chi connectivity index (χ4v) is 2.66. The number of carbonyl (C=O) groups excluding carboxylic acids is 1. The van der Waals surface area contributed by atoms with Crippen molar-refractivity contribution in [2.24, 2.45) is 10.7 Å². The third-order valence-corrected chi connectivity index (χ3v) is 4.09. The van der Waals surface area contributed by atoms with Crippen LogP contribution in [0, 0.1) is 6.92 Å². The lowest BCUT2D eigenvalue weighted by Gasteiger charge is -2.11. The van der Waals surface area contributed by atoms with Crippen molar-refractivity contribution in [3.8, 4) is 5.75 Å². The number of amides is 1. The quantitative estimate of drug-likeness (QED) is 0.255. The molecule has 0 aliphatic heterocycles. The smallest absolute Gasteiger partial charge is 0.226 e. The number of anilines is 2. The van der Waals surface area contributed by atoms with Crippen LogP contribution in [0.15, 0.2) is 51.9 Å². The summed E-state index contributed by atoms with van der Waals surface area (Å²) >= 11 is 3.40. The number of benzene rings is 2. The Labute approximate surface area is 191 Å². The van der Waals surface area contributed by atoms with E-state index in [-0.39, 0.29) is 48.4 Å². The first-order chi connectivity index (χ1) is 12.8. The van der Waals surface area contributed by atoms with Crippen LogP contribution in [0.5, 0.6) is 5.75 Å². The Morgan fingerprint density at radius 3 is 2.50 bits per heavy atom. The van der Waals surface area contributed by atoms with Gasteiger partial charge in [-0.1, -0.05) is 22.0 Å². The fourth-order valence-electron chi connectivity index (χ4n) is 2.30. The second-order valence-corrected chi connectivity index (χ2v) is 7.26. The zero-order valence-electron chi connectivity index (χ0n) is 16.2. The van der Waals surface area contributed by atoms with Crippen molar-refractivity contribution in [2.75, 3.05) is 17.2 Å². The standard InChI is InChI=1S/C20H25BrN4O2.HI/c1-13(2)27-17-8-6-16(7-9-17)24-20(22)23-11-10-19(26)25-18-12-15(21)5-4-14(18)3;/h4-9,12-13H,10-11H2,1-3H3,(H,25,26)(H3,22,23,24);1H. The molecule has 0 saturated heterocycles. The van der Waals surface area contributed by atoms with Crippen LogP contribution in [0.4, 0.5) is 11.4 Å². The van der Waals surface area contributed by atoms with E-state index in [0.29, 0.717) is 6.54 Å². The molecule has 0 bridgehead atoms. The lowest BCUT2D eigenvalue weighted by Crippen LogP contribution is -2.23. The molecule has 2 rings (SSSR count). The molecule has 0 atom stereocenters. The molecule has 152 valence electrons. The molecule has 6 nitrogen and oxygen atoms in total. The van der Waals surface area contributed by atoms with E-state index < -0.39 is 0 Å². The number of nitrogens with two attached hydrogens (primary N) is 1. The Morgan fingerprint density at radius 2 is 1.86 bits per heavy atom. The fraction of sp³-hybridized carbons (Fsp3) is 0.300. The van der Waals surface area contributed by atoms with E-state index in [9.17, 15) is 4.79 Å². The third kappa shape index (κ3) is 8.47. The Kier molecular flexibility index (Phi) is 10.3. The van der Waals surface area contributed by atoms with E-state index in [2.05, 4.69) is 31.6 Å². The Hall–Kier alpha value is -1.81. The van der Waals surface area contributed by atoms with Crippen LogP contribution in [0.25, 0.3) is 0 Å². The molecule has 4 N–H and O–H groups in total. The van der Waals surface area contributed by atoms with E-state index in [1.165, 1.54) is 0 Å². The molecule has 0 unspecified atom stereocenters. The maximum atomic E-state index is 12.1. The Balaban J connectivity index is 0.00000392. The van der Waals surface area contributed by atoms with Gasteiger partial charge in [-0.25, -0.2) is 0 Å². The van der Waals surface area contributed by atoms with Crippen molar-refractivity contribution in [3.63, 3.8) is 0 Å². The van der Waals surface area contributed by atoms with Crippen LogP contribution in [-0.2, 0) is 4.79 Å². The first-order valence-corrected chi connectivity index (χ1v) is 9.52. The molecule has 28 heavy (non-hydrogen) atoms. The van der Waals surface area contributed by atoms with Gasteiger partial charge in [0.2, 0.25) is 5.91 Å². The number of nitrogens with one attached hydrogen (secondary N) is 2. The summed E-state index contributed by atoms with van der Waals surface area (Å²) in [4.78, 5) is 16.3. The first-order valence-electron chi connectivity index (χ1n) is 8.73. The number of hydrogen-bond acceptors (Lipinski definition) is 3. The summed E-state index contributed by atoms with van der Waals surface area (Å²) < 4.78 is 6.51. The SMILES string of the molecule is Cc1ccc(Br)cc1NC(=O)CCN=C(N)Nc1ccc(OC(C)C)cc1.I. The molecule has 0 aliphatic carbocycles. The minimum atomic E-state index is -0.108. The van der Waals surface area contributed by atoms with Gasteiger partial charge in [-0.2, -0.15) is 0 Å². The number of aliphatic imine (C=N–C) groups is 1. The molecule has 2 aromatic carbocycles. The maximum Gasteiger partial charge on any atom is 0.226 e. The number of guanidine groups is 1. The predicted molar refractivity (Wildman–Crippen MR) is 130 cm³/mol. The molecule has 0 spiro atoms. The van der Waals surface area contributed by atoms with Crippen LogP contribution in [0.2, 0.25) is 0 Å². The van der Waals surface area contributed by atoms with Gasteiger partial charge in [-0.3, -0.25) is 9.79 Å². The molecule has 0 radical (unpaired) electrons. The first kappa shape index (κ1) is 24.2. The van der Waals surface area contributed by atoms with E-state index in [0.717, 1.165) is 27.2 Å². The number of ether oxygens (including phenoxy) is 1. The van der Waals surface area contributed by atoms with E-state index in [1.807, 2.05) is 63.2 Å². The molecular weight excluding hydrogens is 535 g/mol. The summed E-state index contributed by atoms with van der Waals surface area (Å²) in [5, 5.41) is 5.88. The van der Waals surface area contributed by atoms with Gasteiger partial charge < -0.3 is 21.1 Å². The summed E-state index contributed by atoms with van der Waals surface area (Å²) in [5.74, 6) is 0.951. The number of nitrogens with zero attached hydrogens (tertiary/aromatic N) is 1. The number of halogens is 2. The topological polar surface area (TPSA) is 88.7 Å². The lowest BCUT2D eigenvalue weighted by atomic mass is 10.2. The molecule has 0 heterocycles. The second-order valence-electron chi connectivity index (χ2n) is 6.34. The van der Waals surface area contributed by atoms with Gasteiger partial charge in [0, 0.05) is 22.3 Å². The number of hydrogen-bond donors (Lipinski definition) is 3. The molecule has 8 heteroatoms. The van der Waals surface area contributed by atoms with Gasteiger partial charge in [0.1, 0.15) is 5.75 Å². The highest BCUT2D eigenvalue weighted by molar-refractivity contribution is 14.0. The molecular formula is C20H26BrIN4O2. The number of rotatable bonds is 7. The molecule has 2 aromatic rings. The van der Waals surface area contributed by atoms with Crippen LogP contribution in [-0.4, -0.2) is 24.5 Å². The van der Waals surface area contributed by atoms with Crippen molar-refractivity contribution in [3.05, 3.63) is 52.5 Å². The Morgan fingerprint density at radius 1 is 1.18 bits per heavy atom. The minimum absolute atomic E-state index is 0. The zero-order valence-corrected chi connectivity index (χ0v) is 20.1. The third-order valence-electron chi connectivity index (χ3n) is 3.59. The lowest BCUT2D eigenvalue weighted by molar-refractivity contribution is -0.116. The highest BCUT2D eigenvalue weighted by atomic mass is 127. The van der Waals surface area contributed by atoms with Gasteiger partial charge in [0.25, 0.3) is 0 Å². The van der Waals surface area contributed by atoms with Crippen molar-refractivity contribution in [2.45, 2.75) is 33.3 Å². The molecule has 1 amide bonds. The monoisotopic (exact) mass is 560 g/mol. The summed E-state index contributed by atoms with van der Waals surface area (Å²) in [6, 6.07) is 13.2. The highest BCUT2D eigenvalue weighted by Crippen LogP contribution is 2.20. The Bertz CT molecular complexity index is 810. The van der Waals surface area contributed by atoms with Crippen molar-refractivity contribution in [1.82, 2.24) is 0 Å². The van der Waals surface area contributed by atoms with Crippen LogP contribution in [0.1, 0.15) is 25.8 Å². The van der Waals surface area contributed by atoms with E-state index in [4.69, 9.17) is 10.5 Å². The van der Waals surface area contributed by atoms with E-state index >= 15 is 0 Å². The summed E-state index contributed by atoms with van der Waals surface area (Å²) in [6.07, 6.45) is 0.373. The van der Waals surface area contributed by atoms with E-state index in [1.54, 1.807) is 0 Å². The molecule has 0 fully saturated rings. The average Bonchev–Trinajstić information content (AvgIpc) is 2.59. The predicted octanol–water partition coefficient (Wildman–Crippen LogP) is 4.92. The van der Waals surface area contributed by atoms with Gasteiger partial charge in [-0.15, -0.1) is 24.0 Å². The second kappa shape index (κ2) is 11.9. The zero-order chi connectivity index (χ0) is 19.8. The largest absolute Gasteiger partial charge is 0.491 e. The van der Waals surface area contributed by atoms with Crippen LogP contribution in [0.3, 0.4) is 0 Å². The van der Waals surface area contributed by atoms with Gasteiger partial charge in [0.05, 0.1) is 12.6 Å². The molecule has 0 saturated carbocycles. The summed E-state index contributed by atoms with van der Waals surface area (Å²) in [6.45, 7) is 6.20. The van der Waals surface area contributed by atoms with Crippen LogP contribution < -0.4 is 21.1 Å². The van der Waals surface area contributed by atoms with Crippen molar-refractivity contribution >= 4 is 63.1 Å².